The third-order valence-corrected chi connectivity index (χ3v) is 2.37. The Morgan fingerprint density at radius 1 is 1.57 bits per heavy atom. The summed E-state index contributed by atoms with van der Waals surface area (Å²) in [5.41, 5.74) is 7.44. The van der Waals surface area contributed by atoms with Crippen molar-refractivity contribution in [2.45, 2.75) is 13.3 Å². The number of halogens is 2. The highest BCUT2D eigenvalue weighted by atomic mass is 35.5. The molecule has 0 aliphatic heterocycles. The molecule has 0 amide bonds. The lowest BCUT2D eigenvalue weighted by Gasteiger charge is -2.02. The van der Waals surface area contributed by atoms with Crippen LogP contribution in [0.3, 0.4) is 0 Å². The number of hydrogen-bond donors (Lipinski definition) is 1. The first-order valence-corrected chi connectivity index (χ1v) is 4.89. The summed E-state index contributed by atoms with van der Waals surface area (Å²) >= 11 is 5.86. The summed E-state index contributed by atoms with van der Waals surface area (Å²) in [4.78, 5) is 0. The van der Waals surface area contributed by atoms with E-state index in [4.69, 9.17) is 17.3 Å². The molecule has 1 nitrogen and oxygen atoms in total. The molecule has 0 saturated carbocycles. The van der Waals surface area contributed by atoms with E-state index in [-0.39, 0.29) is 5.82 Å². The molecule has 1 aromatic rings. The fourth-order valence-electron chi connectivity index (χ4n) is 1.14. The van der Waals surface area contributed by atoms with Gasteiger partial charge in [0.15, 0.2) is 0 Å². The van der Waals surface area contributed by atoms with Gasteiger partial charge in [-0.1, -0.05) is 36.2 Å². The van der Waals surface area contributed by atoms with E-state index in [0.29, 0.717) is 11.6 Å². The van der Waals surface area contributed by atoms with Gasteiger partial charge in [-0.2, -0.15) is 0 Å². The zero-order chi connectivity index (χ0) is 10.6. The lowest BCUT2D eigenvalue weighted by atomic mass is 10.1. The second-order valence-corrected chi connectivity index (χ2v) is 3.43. The summed E-state index contributed by atoms with van der Waals surface area (Å²) in [6.07, 6.45) is 2.78. The quantitative estimate of drug-likeness (QED) is 0.820. The molecule has 0 atom stereocenters. The normalized spacial score (nSPS) is 11.9. The predicted octanol–water partition coefficient (Wildman–Crippen LogP) is 3.23. The molecule has 3 heteroatoms. The number of nitrogens with two attached hydrogens (primary N) is 1. The first-order chi connectivity index (χ1) is 6.67. The van der Waals surface area contributed by atoms with Crippen LogP contribution in [0.1, 0.15) is 18.9 Å². The summed E-state index contributed by atoms with van der Waals surface area (Å²) in [6, 6.07) is 4.35. The fourth-order valence-corrected chi connectivity index (χ4v) is 1.37. The van der Waals surface area contributed by atoms with Crippen LogP contribution in [0.5, 0.6) is 0 Å². The molecule has 2 N–H and O–H groups in total. The summed E-state index contributed by atoms with van der Waals surface area (Å²) in [6.45, 7) is 2.53. The number of benzene rings is 1. The Bertz CT molecular complexity index is 341. The highest BCUT2D eigenvalue weighted by Crippen LogP contribution is 2.20. The van der Waals surface area contributed by atoms with Crippen LogP contribution in [-0.4, -0.2) is 6.54 Å². The predicted molar refractivity (Wildman–Crippen MR) is 58.7 cm³/mol. The van der Waals surface area contributed by atoms with Gasteiger partial charge in [0.25, 0.3) is 0 Å². The van der Waals surface area contributed by atoms with Crippen LogP contribution in [0.2, 0.25) is 5.02 Å². The molecule has 0 aliphatic carbocycles. The number of rotatable bonds is 3. The Kier molecular flexibility index (Phi) is 4.11. The van der Waals surface area contributed by atoms with Crippen LogP contribution in [0, 0.1) is 5.82 Å². The summed E-state index contributed by atoms with van der Waals surface area (Å²) < 4.78 is 12.7. The molecule has 0 aromatic heterocycles. The monoisotopic (exact) mass is 213 g/mol. The van der Waals surface area contributed by atoms with E-state index < -0.39 is 0 Å². The molecule has 0 radical (unpaired) electrons. The fraction of sp³-hybridized carbons (Fsp3) is 0.273. The van der Waals surface area contributed by atoms with E-state index in [9.17, 15) is 4.39 Å². The first-order valence-electron chi connectivity index (χ1n) is 4.52. The molecule has 1 aromatic carbocycles. The third kappa shape index (κ3) is 2.82. The maximum Gasteiger partial charge on any atom is 0.124 e. The average molecular weight is 214 g/mol. The highest BCUT2D eigenvalue weighted by molar-refractivity contribution is 6.32. The standard InChI is InChI=1S/C11H13ClFN/c1-2-8(7-14)5-9-3-4-10(13)6-11(9)12/h3-6H,2,7,14H2,1H3/b8-5-. The molecule has 14 heavy (non-hydrogen) atoms. The van der Waals surface area contributed by atoms with Crippen molar-refractivity contribution in [3.05, 3.63) is 40.2 Å². The van der Waals surface area contributed by atoms with Crippen LogP contribution in [0.15, 0.2) is 23.8 Å². The van der Waals surface area contributed by atoms with Gasteiger partial charge in [-0.05, 0) is 24.1 Å². The van der Waals surface area contributed by atoms with Crippen LogP contribution in [0.4, 0.5) is 4.39 Å². The van der Waals surface area contributed by atoms with Crippen LogP contribution in [0.25, 0.3) is 6.08 Å². The largest absolute Gasteiger partial charge is 0.327 e. The van der Waals surface area contributed by atoms with Crippen LogP contribution >= 0.6 is 11.6 Å². The molecule has 76 valence electrons. The molecule has 0 aliphatic rings. The minimum Gasteiger partial charge on any atom is -0.327 e. The zero-order valence-electron chi connectivity index (χ0n) is 8.06. The highest BCUT2D eigenvalue weighted by Gasteiger charge is 2.00. The van der Waals surface area contributed by atoms with Crippen molar-refractivity contribution in [2.24, 2.45) is 5.73 Å². The van der Waals surface area contributed by atoms with E-state index in [1.54, 1.807) is 6.07 Å². The Morgan fingerprint density at radius 3 is 2.79 bits per heavy atom. The van der Waals surface area contributed by atoms with Crippen LogP contribution in [-0.2, 0) is 0 Å². The SMILES string of the molecule is CC/C(=C/c1ccc(F)cc1Cl)CN. The van der Waals surface area contributed by atoms with E-state index in [1.807, 2.05) is 13.0 Å². The van der Waals surface area contributed by atoms with E-state index >= 15 is 0 Å². The van der Waals surface area contributed by atoms with Gasteiger partial charge in [0.1, 0.15) is 5.82 Å². The Morgan fingerprint density at radius 2 is 2.29 bits per heavy atom. The van der Waals surface area contributed by atoms with Crippen molar-refractivity contribution in [2.75, 3.05) is 6.54 Å². The van der Waals surface area contributed by atoms with Crippen molar-refractivity contribution >= 4 is 17.7 Å². The zero-order valence-corrected chi connectivity index (χ0v) is 8.81. The second-order valence-electron chi connectivity index (χ2n) is 3.03. The Labute approximate surface area is 88.4 Å². The molecule has 0 saturated heterocycles. The minimum absolute atomic E-state index is 0.321. The van der Waals surface area contributed by atoms with Crippen molar-refractivity contribution in [1.82, 2.24) is 0 Å². The van der Waals surface area contributed by atoms with E-state index in [1.165, 1.54) is 12.1 Å². The maximum atomic E-state index is 12.7. The van der Waals surface area contributed by atoms with Gasteiger partial charge < -0.3 is 5.73 Å². The van der Waals surface area contributed by atoms with Crippen LogP contribution < -0.4 is 5.73 Å². The lowest BCUT2D eigenvalue weighted by molar-refractivity contribution is 0.628. The van der Waals surface area contributed by atoms with Crippen molar-refractivity contribution in [1.29, 1.82) is 0 Å². The summed E-state index contributed by atoms with van der Waals surface area (Å²) in [5.74, 6) is -0.321. The third-order valence-electron chi connectivity index (χ3n) is 2.04. The summed E-state index contributed by atoms with van der Waals surface area (Å²) in [7, 11) is 0. The lowest BCUT2D eigenvalue weighted by Crippen LogP contribution is -2.01. The van der Waals surface area contributed by atoms with Gasteiger partial charge in [0.05, 0.1) is 5.02 Å². The van der Waals surface area contributed by atoms with Gasteiger partial charge >= 0.3 is 0 Å². The summed E-state index contributed by atoms with van der Waals surface area (Å²) in [5, 5.41) is 0.421. The van der Waals surface area contributed by atoms with Crippen molar-refractivity contribution in [3.8, 4) is 0 Å². The van der Waals surface area contributed by atoms with Gasteiger partial charge in [-0.3, -0.25) is 0 Å². The smallest absolute Gasteiger partial charge is 0.124 e. The topological polar surface area (TPSA) is 26.0 Å². The second kappa shape index (κ2) is 5.13. The van der Waals surface area contributed by atoms with Crippen molar-refractivity contribution in [3.63, 3.8) is 0 Å². The average Bonchev–Trinajstić information content (AvgIpc) is 2.17. The van der Waals surface area contributed by atoms with Gasteiger partial charge in [0.2, 0.25) is 0 Å². The minimum atomic E-state index is -0.321. The van der Waals surface area contributed by atoms with E-state index in [2.05, 4.69) is 0 Å². The van der Waals surface area contributed by atoms with Gasteiger partial charge in [-0.15, -0.1) is 0 Å². The number of hydrogen-bond acceptors (Lipinski definition) is 1. The molecule has 1 rings (SSSR count). The maximum absolute atomic E-state index is 12.7. The van der Waals surface area contributed by atoms with Gasteiger partial charge in [-0.25, -0.2) is 4.39 Å². The Hall–Kier alpha value is -0.860. The first kappa shape index (κ1) is 11.2. The molecule has 0 heterocycles. The van der Waals surface area contributed by atoms with E-state index in [0.717, 1.165) is 17.6 Å². The molecule has 0 unspecified atom stereocenters. The van der Waals surface area contributed by atoms with Crippen molar-refractivity contribution < 1.29 is 4.39 Å². The molecule has 0 spiro atoms. The molecular weight excluding hydrogens is 201 g/mol. The Balaban J connectivity index is 3.02. The van der Waals surface area contributed by atoms with Gasteiger partial charge in [0, 0.05) is 6.54 Å². The molecular formula is C11H13ClFN. The molecule has 0 bridgehead atoms. The molecule has 0 fully saturated rings.